The lowest BCUT2D eigenvalue weighted by atomic mass is 10.6. The third-order valence-electron chi connectivity index (χ3n) is 0.463. The molecule has 0 saturated heterocycles. The van der Waals surface area contributed by atoms with Gasteiger partial charge in [0, 0.05) is 12.2 Å². The largest absolute Gasteiger partial charge is 0.409 e. The predicted octanol–water partition coefficient (Wildman–Crippen LogP) is 4.27. The van der Waals surface area contributed by atoms with Gasteiger partial charge in [0.2, 0.25) is 0 Å². The summed E-state index contributed by atoms with van der Waals surface area (Å²) in [6.45, 7) is 11.0. The van der Waals surface area contributed by atoms with Crippen LogP contribution in [0.1, 0.15) is 0 Å². The van der Waals surface area contributed by atoms with Crippen molar-refractivity contribution in [3.63, 3.8) is 0 Å². The highest BCUT2D eigenvalue weighted by Crippen LogP contribution is 2.14. The monoisotopic (exact) mass is 220 g/mol. The Bertz CT molecular complexity index is 134. The zero-order chi connectivity index (χ0) is 12.4. The second kappa shape index (κ2) is 8.40. The van der Waals surface area contributed by atoms with Gasteiger partial charge in [-0.3, -0.25) is 0 Å². The zero-order valence-corrected chi connectivity index (χ0v) is 7.25. The van der Waals surface area contributed by atoms with E-state index in [-0.39, 0.29) is 12.2 Å². The molecule has 0 fully saturated rings. The van der Waals surface area contributed by atoms with E-state index in [1.165, 1.54) is 0 Å². The van der Waals surface area contributed by atoms with Crippen molar-refractivity contribution in [3.05, 3.63) is 38.5 Å². The van der Waals surface area contributed by atoms with E-state index in [0.717, 1.165) is 0 Å². The second-order valence-corrected chi connectivity index (χ2v) is 1.49. The Balaban J connectivity index is -0.000000147. The first-order valence-corrected chi connectivity index (χ1v) is 3.03. The molecule has 0 aromatic rings. The first-order chi connectivity index (χ1) is 6.12. The van der Waals surface area contributed by atoms with Gasteiger partial charge in [-0.2, -0.15) is 26.3 Å². The Kier molecular flexibility index (Phi) is 11.1. The number of allylic oxidation sites excluding steroid dienone is 2. The molecule has 14 heavy (non-hydrogen) atoms. The number of rotatable bonds is 0. The molecule has 0 aliphatic carbocycles. The van der Waals surface area contributed by atoms with Crippen LogP contribution in [0.3, 0.4) is 0 Å². The van der Waals surface area contributed by atoms with Gasteiger partial charge in [0.05, 0.1) is 0 Å². The first kappa shape index (κ1) is 18.6. The van der Waals surface area contributed by atoms with Gasteiger partial charge in [-0.25, -0.2) is 0 Å². The molecule has 0 rings (SSSR count). The van der Waals surface area contributed by atoms with Gasteiger partial charge in [0.15, 0.2) is 0 Å². The normalized spacial score (nSPS) is 9.86. The van der Waals surface area contributed by atoms with Crippen molar-refractivity contribution >= 4 is 0 Å². The third kappa shape index (κ3) is 45.0. The Hall–Kier alpha value is -1.20. The van der Waals surface area contributed by atoms with Crippen LogP contribution >= 0.6 is 0 Å². The molecule has 0 aliphatic rings. The van der Waals surface area contributed by atoms with Crippen LogP contribution in [-0.2, 0) is 0 Å². The van der Waals surface area contributed by atoms with E-state index in [4.69, 9.17) is 0 Å². The molecule has 0 aromatic heterocycles. The first-order valence-electron chi connectivity index (χ1n) is 3.03. The van der Waals surface area contributed by atoms with E-state index >= 15 is 0 Å². The van der Waals surface area contributed by atoms with Gasteiger partial charge >= 0.3 is 12.4 Å². The van der Waals surface area contributed by atoms with Crippen molar-refractivity contribution < 1.29 is 26.3 Å². The fourth-order valence-electron chi connectivity index (χ4n) is 0. The number of alkyl halides is 6. The highest BCUT2D eigenvalue weighted by molar-refractivity contribution is 4.76. The average Bonchev–Trinajstić information content (AvgIpc) is 2.07. The van der Waals surface area contributed by atoms with Crippen molar-refractivity contribution in [2.24, 2.45) is 0 Å². The summed E-state index contributed by atoms with van der Waals surface area (Å²) in [6.07, 6.45) is -8.51. The summed E-state index contributed by atoms with van der Waals surface area (Å²) < 4.78 is 64.0. The number of halogens is 6. The lowest BCUT2D eigenvalue weighted by molar-refractivity contribution is -0.0804. The molecule has 84 valence electrons. The molecule has 6 heteroatoms. The quantitative estimate of drug-likeness (QED) is 0.422. The SMILES string of the molecule is C=C.C=CC(F)(F)F.C=CC(F)(F)F. The number of hydrogen-bond donors (Lipinski definition) is 0. The Morgan fingerprint density at radius 3 is 0.714 bits per heavy atom. The van der Waals surface area contributed by atoms with Gasteiger partial charge in [0.1, 0.15) is 0 Å². The molecule has 0 bridgehead atoms. The van der Waals surface area contributed by atoms with E-state index in [1.807, 2.05) is 0 Å². The second-order valence-electron chi connectivity index (χ2n) is 1.49. The van der Waals surface area contributed by atoms with E-state index in [0.29, 0.717) is 0 Å². The highest BCUT2D eigenvalue weighted by atomic mass is 19.4. The third-order valence-corrected chi connectivity index (χ3v) is 0.463. The summed E-state index contributed by atoms with van der Waals surface area (Å²) in [4.78, 5) is 0. The molecule has 0 saturated carbocycles. The van der Waals surface area contributed by atoms with Crippen LogP contribution in [0, 0.1) is 0 Å². The molecule has 0 heterocycles. The average molecular weight is 220 g/mol. The van der Waals surface area contributed by atoms with Gasteiger partial charge in [-0.05, 0) is 0 Å². The zero-order valence-electron chi connectivity index (χ0n) is 7.25. The molecular formula is C8H10F6. The van der Waals surface area contributed by atoms with E-state index in [9.17, 15) is 26.3 Å². The molecule has 0 aliphatic heterocycles. The van der Waals surface area contributed by atoms with Crippen LogP contribution in [0.2, 0.25) is 0 Å². The molecule has 0 unspecified atom stereocenters. The summed E-state index contributed by atoms with van der Waals surface area (Å²) in [5.41, 5.74) is 0. The lowest BCUT2D eigenvalue weighted by Gasteiger charge is -1.91. The number of hydrogen-bond acceptors (Lipinski definition) is 0. The maximum absolute atomic E-state index is 10.7. The molecular weight excluding hydrogens is 210 g/mol. The van der Waals surface area contributed by atoms with Gasteiger partial charge in [-0.1, -0.05) is 13.2 Å². The molecule has 0 amide bonds. The van der Waals surface area contributed by atoms with E-state index in [1.54, 1.807) is 0 Å². The molecule has 0 nitrogen and oxygen atoms in total. The van der Waals surface area contributed by atoms with Crippen molar-refractivity contribution in [1.82, 2.24) is 0 Å². The van der Waals surface area contributed by atoms with Gasteiger partial charge in [0.25, 0.3) is 0 Å². The Labute approximate surface area is 78.2 Å². The molecule has 0 radical (unpaired) electrons. The van der Waals surface area contributed by atoms with Crippen LogP contribution in [0.25, 0.3) is 0 Å². The fourth-order valence-corrected chi connectivity index (χ4v) is 0. The van der Waals surface area contributed by atoms with Crippen molar-refractivity contribution in [2.45, 2.75) is 12.4 Å². The van der Waals surface area contributed by atoms with Crippen LogP contribution in [-0.4, -0.2) is 12.4 Å². The van der Waals surface area contributed by atoms with Crippen LogP contribution in [0.15, 0.2) is 38.5 Å². The smallest absolute Gasteiger partial charge is 0.167 e. The molecule has 0 atom stereocenters. The van der Waals surface area contributed by atoms with Gasteiger partial charge < -0.3 is 0 Å². The Morgan fingerprint density at radius 1 is 0.643 bits per heavy atom. The maximum Gasteiger partial charge on any atom is 0.409 e. The predicted molar refractivity (Wildman–Crippen MR) is 43.8 cm³/mol. The van der Waals surface area contributed by atoms with Crippen molar-refractivity contribution in [1.29, 1.82) is 0 Å². The summed E-state index contributed by atoms with van der Waals surface area (Å²) in [7, 11) is 0. The summed E-state index contributed by atoms with van der Waals surface area (Å²) in [5, 5.41) is 0. The minimum atomic E-state index is -4.19. The molecule has 0 spiro atoms. The van der Waals surface area contributed by atoms with Crippen molar-refractivity contribution in [2.75, 3.05) is 0 Å². The minimum absolute atomic E-state index is 0.0625. The summed E-state index contributed by atoms with van der Waals surface area (Å²) >= 11 is 0. The molecule has 0 N–H and O–H groups in total. The van der Waals surface area contributed by atoms with Crippen LogP contribution in [0.4, 0.5) is 26.3 Å². The highest BCUT2D eigenvalue weighted by Gasteiger charge is 2.20. The minimum Gasteiger partial charge on any atom is -0.167 e. The summed E-state index contributed by atoms with van der Waals surface area (Å²) in [6, 6.07) is 0. The lowest BCUT2D eigenvalue weighted by Crippen LogP contribution is -1.98. The standard InChI is InChI=1S/2C3H3F3.C2H4/c2*1-2-3(4,5)6;1-2/h2*2H,1H2;1-2H2. The summed E-state index contributed by atoms with van der Waals surface area (Å²) in [5.74, 6) is 0. The maximum atomic E-state index is 10.7. The topological polar surface area (TPSA) is 0 Å². The van der Waals surface area contributed by atoms with Crippen molar-refractivity contribution in [3.8, 4) is 0 Å². The van der Waals surface area contributed by atoms with E-state index in [2.05, 4.69) is 26.3 Å². The van der Waals surface area contributed by atoms with Crippen LogP contribution in [0.5, 0.6) is 0 Å². The van der Waals surface area contributed by atoms with E-state index < -0.39 is 12.4 Å². The van der Waals surface area contributed by atoms with Crippen LogP contribution < -0.4 is 0 Å². The fraction of sp³-hybridized carbons (Fsp3) is 0.250. The van der Waals surface area contributed by atoms with Gasteiger partial charge in [-0.15, -0.1) is 13.2 Å². The Morgan fingerprint density at radius 2 is 0.714 bits per heavy atom. The molecule has 0 aromatic carbocycles.